The van der Waals surface area contributed by atoms with Crippen molar-refractivity contribution in [3.8, 4) is 5.75 Å². The first-order chi connectivity index (χ1) is 15.7. The number of aromatic nitrogens is 1. The van der Waals surface area contributed by atoms with Crippen LogP contribution in [0.15, 0.2) is 47.0 Å². The zero-order chi connectivity index (χ0) is 24.0. The van der Waals surface area contributed by atoms with E-state index in [0.29, 0.717) is 29.2 Å². The number of hydrogen-bond donors (Lipinski definition) is 1. The van der Waals surface area contributed by atoms with Gasteiger partial charge in [-0.1, -0.05) is 23.4 Å². The number of anilines is 1. The first-order valence-corrected chi connectivity index (χ1v) is 10.1. The van der Waals surface area contributed by atoms with Crippen LogP contribution in [-0.2, 0) is 27.4 Å². The molecule has 10 heteroatoms. The molecule has 0 spiro atoms. The second kappa shape index (κ2) is 10.4. The van der Waals surface area contributed by atoms with Crippen molar-refractivity contribution in [1.82, 2.24) is 5.16 Å². The number of amides is 1. The van der Waals surface area contributed by atoms with Gasteiger partial charge in [0.2, 0.25) is 0 Å². The molecule has 33 heavy (non-hydrogen) atoms. The van der Waals surface area contributed by atoms with Crippen LogP contribution in [0.25, 0.3) is 0 Å². The smallest absolute Gasteiger partial charge is 0.310 e. The number of nitro benzene ring substituents is 1. The maximum absolute atomic E-state index is 12.1. The Morgan fingerprint density at radius 1 is 1.12 bits per heavy atom. The maximum atomic E-state index is 12.1. The van der Waals surface area contributed by atoms with E-state index in [-0.39, 0.29) is 17.8 Å². The Morgan fingerprint density at radius 2 is 1.85 bits per heavy atom. The second-order valence-electron chi connectivity index (χ2n) is 7.38. The number of benzene rings is 2. The molecule has 0 aliphatic rings. The van der Waals surface area contributed by atoms with Crippen molar-refractivity contribution in [3.63, 3.8) is 0 Å². The third-order valence-electron chi connectivity index (χ3n) is 4.89. The van der Waals surface area contributed by atoms with Crippen molar-refractivity contribution in [2.45, 2.75) is 33.8 Å². The van der Waals surface area contributed by atoms with E-state index in [1.807, 2.05) is 13.8 Å². The van der Waals surface area contributed by atoms with Gasteiger partial charge in [-0.15, -0.1) is 0 Å². The summed E-state index contributed by atoms with van der Waals surface area (Å²) in [4.78, 5) is 34.5. The van der Waals surface area contributed by atoms with E-state index >= 15 is 0 Å². The molecule has 0 aliphatic carbocycles. The molecule has 3 rings (SSSR count). The van der Waals surface area contributed by atoms with Gasteiger partial charge in [0.1, 0.15) is 18.1 Å². The summed E-state index contributed by atoms with van der Waals surface area (Å²) in [6, 6.07) is 11.3. The fraction of sp³-hybridized carbons (Fsp3) is 0.261. The van der Waals surface area contributed by atoms with Gasteiger partial charge in [-0.25, -0.2) is 0 Å². The predicted molar refractivity (Wildman–Crippen MR) is 118 cm³/mol. The molecule has 1 amide bonds. The Balaban J connectivity index is 1.45. The number of nitrogens with one attached hydrogen (secondary N) is 1. The largest absolute Gasteiger partial charge is 0.489 e. The summed E-state index contributed by atoms with van der Waals surface area (Å²) in [7, 11) is 0. The van der Waals surface area contributed by atoms with Crippen LogP contribution in [0, 0.1) is 30.9 Å². The van der Waals surface area contributed by atoms with E-state index in [9.17, 15) is 19.7 Å². The fourth-order valence-corrected chi connectivity index (χ4v) is 3.01. The highest BCUT2D eigenvalue weighted by molar-refractivity contribution is 5.93. The Labute approximate surface area is 189 Å². The summed E-state index contributed by atoms with van der Waals surface area (Å²) in [6.45, 7) is 5.08. The lowest BCUT2D eigenvalue weighted by Crippen LogP contribution is -2.21. The number of carbonyl (C=O) groups is 2. The normalized spacial score (nSPS) is 10.5. The second-order valence-corrected chi connectivity index (χ2v) is 7.38. The van der Waals surface area contributed by atoms with E-state index in [1.54, 1.807) is 31.2 Å². The maximum Gasteiger partial charge on any atom is 0.310 e. The number of nitro groups is 1. The molecule has 0 aliphatic heterocycles. The molecule has 2 aromatic carbocycles. The topological polar surface area (TPSA) is 134 Å². The van der Waals surface area contributed by atoms with E-state index in [1.165, 1.54) is 18.2 Å². The van der Waals surface area contributed by atoms with Crippen LogP contribution >= 0.6 is 0 Å². The fourth-order valence-electron chi connectivity index (χ4n) is 3.01. The Kier molecular flexibility index (Phi) is 7.39. The van der Waals surface area contributed by atoms with Crippen molar-refractivity contribution >= 4 is 23.3 Å². The Morgan fingerprint density at radius 3 is 2.48 bits per heavy atom. The number of rotatable bonds is 9. The molecular weight excluding hydrogens is 430 g/mol. The highest BCUT2D eigenvalue weighted by atomic mass is 16.6. The molecule has 0 saturated carbocycles. The summed E-state index contributed by atoms with van der Waals surface area (Å²) in [5.74, 6) is 0.157. The molecule has 0 fully saturated rings. The van der Waals surface area contributed by atoms with Crippen LogP contribution in [0.4, 0.5) is 11.4 Å². The summed E-state index contributed by atoms with van der Waals surface area (Å²) in [5.41, 5.74) is 2.98. The molecule has 1 N–H and O–H groups in total. The third-order valence-corrected chi connectivity index (χ3v) is 4.89. The van der Waals surface area contributed by atoms with Crippen LogP contribution in [0.5, 0.6) is 5.75 Å². The molecule has 3 aromatic rings. The first-order valence-electron chi connectivity index (χ1n) is 10.1. The van der Waals surface area contributed by atoms with Gasteiger partial charge in [-0.3, -0.25) is 19.7 Å². The zero-order valence-electron chi connectivity index (χ0n) is 18.4. The number of carbonyl (C=O) groups excluding carboxylic acids is 2. The average Bonchev–Trinajstić information content (AvgIpc) is 3.10. The van der Waals surface area contributed by atoms with Gasteiger partial charge >= 0.3 is 5.97 Å². The lowest BCUT2D eigenvalue weighted by molar-refractivity contribution is -0.385. The number of hydrogen-bond acceptors (Lipinski definition) is 8. The van der Waals surface area contributed by atoms with Gasteiger partial charge in [-0.2, -0.15) is 0 Å². The lowest BCUT2D eigenvalue weighted by Gasteiger charge is -2.08. The van der Waals surface area contributed by atoms with Gasteiger partial charge in [0.05, 0.1) is 22.6 Å². The molecule has 0 atom stereocenters. The van der Waals surface area contributed by atoms with Gasteiger partial charge < -0.3 is 19.3 Å². The molecule has 0 bridgehead atoms. The third kappa shape index (κ3) is 6.39. The molecule has 1 heterocycles. The minimum absolute atomic E-state index is 0.0204. The Bertz CT molecular complexity index is 1150. The lowest BCUT2D eigenvalue weighted by atomic mass is 10.1. The van der Waals surface area contributed by atoms with Gasteiger partial charge in [-0.05, 0) is 44.5 Å². The van der Waals surface area contributed by atoms with Crippen molar-refractivity contribution in [2.75, 3.05) is 11.9 Å². The summed E-state index contributed by atoms with van der Waals surface area (Å²) < 4.78 is 15.8. The average molecular weight is 453 g/mol. The van der Waals surface area contributed by atoms with Gasteiger partial charge in [0.25, 0.3) is 11.6 Å². The van der Waals surface area contributed by atoms with Crippen molar-refractivity contribution in [1.29, 1.82) is 0 Å². The van der Waals surface area contributed by atoms with E-state index in [4.69, 9.17) is 14.0 Å². The SMILES string of the molecule is Cc1ccc(NC(=O)COC(=O)Cc2ccc(OCc3c(C)noc3C)cc2)cc1[N+](=O)[O-]. The highest BCUT2D eigenvalue weighted by Crippen LogP contribution is 2.22. The minimum atomic E-state index is -0.593. The minimum Gasteiger partial charge on any atom is -0.489 e. The van der Waals surface area contributed by atoms with Crippen LogP contribution in [-0.4, -0.2) is 28.6 Å². The monoisotopic (exact) mass is 453 g/mol. The van der Waals surface area contributed by atoms with Gasteiger partial charge in [0, 0.05) is 17.3 Å². The van der Waals surface area contributed by atoms with Crippen molar-refractivity contribution in [2.24, 2.45) is 0 Å². The zero-order valence-corrected chi connectivity index (χ0v) is 18.4. The molecule has 1 aromatic heterocycles. The van der Waals surface area contributed by atoms with E-state index < -0.39 is 23.4 Å². The van der Waals surface area contributed by atoms with E-state index in [0.717, 1.165) is 11.3 Å². The summed E-state index contributed by atoms with van der Waals surface area (Å²) in [5, 5.41) is 17.4. The quantitative estimate of drug-likeness (QED) is 0.294. The van der Waals surface area contributed by atoms with Crippen molar-refractivity contribution < 1.29 is 28.5 Å². The van der Waals surface area contributed by atoms with Crippen LogP contribution in [0.2, 0.25) is 0 Å². The molecule has 0 unspecified atom stereocenters. The van der Waals surface area contributed by atoms with E-state index in [2.05, 4.69) is 10.5 Å². The highest BCUT2D eigenvalue weighted by Gasteiger charge is 2.14. The molecule has 0 radical (unpaired) electrons. The standard InChI is InChI=1S/C23H23N3O7/c1-14-4-7-18(11-21(14)26(29)30)24-22(27)13-32-23(28)10-17-5-8-19(9-6-17)31-12-20-15(2)25-33-16(20)3/h4-9,11H,10,12-13H2,1-3H3,(H,24,27). The Hall–Kier alpha value is -4.21. The molecular formula is C23H23N3O7. The van der Waals surface area contributed by atoms with Crippen LogP contribution in [0.1, 0.15) is 28.1 Å². The number of nitrogens with zero attached hydrogens (tertiary/aromatic N) is 2. The number of ether oxygens (including phenoxy) is 2. The predicted octanol–water partition coefficient (Wildman–Crippen LogP) is 3.81. The van der Waals surface area contributed by atoms with Crippen molar-refractivity contribution in [3.05, 3.63) is 80.7 Å². The summed E-state index contributed by atoms with van der Waals surface area (Å²) >= 11 is 0. The molecule has 172 valence electrons. The summed E-state index contributed by atoms with van der Waals surface area (Å²) in [6.07, 6.45) is -0.0204. The van der Waals surface area contributed by atoms with Crippen LogP contribution in [0.3, 0.4) is 0 Å². The number of aryl methyl sites for hydroxylation is 3. The molecule has 0 saturated heterocycles. The van der Waals surface area contributed by atoms with Crippen LogP contribution < -0.4 is 10.1 Å². The number of esters is 1. The van der Waals surface area contributed by atoms with Gasteiger partial charge in [0.15, 0.2) is 6.61 Å². The molecule has 10 nitrogen and oxygen atoms in total. The first kappa shape index (κ1) is 23.5.